The standard InChI is InChI=1S/C15H22S/c1-4-5-6-7-8-9-10-11-15-12-13(2)16-14(15)3/h4-6,12H,1,7-11H2,2-3H3/b6-5-. The average molecular weight is 234 g/mol. The Bertz CT molecular complexity index is 344. The summed E-state index contributed by atoms with van der Waals surface area (Å²) in [5.41, 5.74) is 1.56. The van der Waals surface area contributed by atoms with Crippen molar-refractivity contribution in [3.05, 3.63) is 46.2 Å². The molecule has 1 heterocycles. The number of allylic oxidation sites excluding steroid dienone is 3. The normalized spacial score (nSPS) is 11.1. The van der Waals surface area contributed by atoms with Gasteiger partial charge in [0.2, 0.25) is 0 Å². The fourth-order valence-corrected chi connectivity index (χ4v) is 2.85. The van der Waals surface area contributed by atoms with Gasteiger partial charge >= 0.3 is 0 Å². The van der Waals surface area contributed by atoms with Gasteiger partial charge in [-0.1, -0.05) is 31.2 Å². The first-order valence-electron chi connectivity index (χ1n) is 6.07. The van der Waals surface area contributed by atoms with Gasteiger partial charge in [-0.25, -0.2) is 0 Å². The minimum absolute atomic E-state index is 1.19. The quantitative estimate of drug-likeness (QED) is 0.449. The van der Waals surface area contributed by atoms with Crippen LogP contribution in [-0.2, 0) is 6.42 Å². The van der Waals surface area contributed by atoms with E-state index in [9.17, 15) is 0 Å². The zero-order valence-electron chi connectivity index (χ0n) is 10.5. The summed E-state index contributed by atoms with van der Waals surface area (Å²) >= 11 is 1.92. The molecular weight excluding hydrogens is 212 g/mol. The van der Waals surface area contributed by atoms with E-state index in [4.69, 9.17) is 0 Å². The van der Waals surface area contributed by atoms with E-state index in [2.05, 4.69) is 32.6 Å². The SMILES string of the molecule is C=C/C=C\CCCCCc1cc(C)sc1C. The number of thiophene rings is 1. The molecule has 0 fully saturated rings. The third-order valence-corrected chi connectivity index (χ3v) is 3.74. The van der Waals surface area contributed by atoms with Crippen LogP contribution in [0.15, 0.2) is 30.9 Å². The van der Waals surface area contributed by atoms with E-state index in [1.807, 2.05) is 23.5 Å². The molecule has 0 aliphatic carbocycles. The van der Waals surface area contributed by atoms with Crippen molar-refractivity contribution in [1.29, 1.82) is 0 Å². The first-order chi connectivity index (χ1) is 7.74. The molecule has 0 nitrogen and oxygen atoms in total. The van der Waals surface area contributed by atoms with E-state index >= 15 is 0 Å². The number of hydrogen-bond acceptors (Lipinski definition) is 1. The molecule has 0 saturated carbocycles. The summed E-state index contributed by atoms with van der Waals surface area (Å²) in [5.74, 6) is 0. The highest BCUT2D eigenvalue weighted by atomic mass is 32.1. The Balaban J connectivity index is 2.14. The van der Waals surface area contributed by atoms with Crippen LogP contribution in [0, 0.1) is 13.8 Å². The molecule has 1 rings (SSSR count). The van der Waals surface area contributed by atoms with Gasteiger partial charge in [0.05, 0.1) is 0 Å². The molecule has 0 radical (unpaired) electrons. The summed E-state index contributed by atoms with van der Waals surface area (Å²) in [5, 5.41) is 0. The minimum atomic E-state index is 1.19. The highest BCUT2D eigenvalue weighted by Crippen LogP contribution is 2.22. The van der Waals surface area contributed by atoms with Gasteiger partial charge in [-0.2, -0.15) is 0 Å². The molecule has 0 spiro atoms. The van der Waals surface area contributed by atoms with E-state index in [-0.39, 0.29) is 0 Å². The Morgan fingerprint density at radius 2 is 2.06 bits per heavy atom. The third kappa shape index (κ3) is 4.80. The van der Waals surface area contributed by atoms with Crippen molar-refractivity contribution < 1.29 is 0 Å². The van der Waals surface area contributed by atoms with Crippen molar-refractivity contribution in [2.24, 2.45) is 0 Å². The largest absolute Gasteiger partial charge is 0.146 e. The predicted octanol–water partition coefficient (Wildman–Crippen LogP) is 5.21. The van der Waals surface area contributed by atoms with Gasteiger partial charge in [0.25, 0.3) is 0 Å². The molecule has 0 aliphatic rings. The van der Waals surface area contributed by atoms with E-state index in [0.717, 1.165) is 0 Å². The number of rotatable bonds is 7. The number of hydrogen-bond donors (Lipinski definition) is 0. The molecule has 88 valence electrons. The van der Waals surface area contributed by atoms with Crippen LogP contribution in [0.1, 0.15) is 41.0 Å². The molecule has 1 aromatic rings. The molecule has 0 amide bonds. The minimum Gasteiger partial charge on any atom is -0.146 e. The fraction of sp³-hybridized carbons (Fsp3) is 0.467. The lowest BCUT2D eigenvalue weighted by atomic mass is 10.1. The van der Waals surface area contributed by atoms with Gasteiger partial charge in [-0.15, -0.1) is 11.3 Å². The lowest BCUT2D eigenvalue weighted by Gasteiger charge is -1.99. The zero-order chi connectivity index (χ0) is 11.8. The van der Waals surface area contributed by atoms with E-state index in [1.165, 1.54) is 41.9 Å². The van der Waals surface area contributed by atoms with Crippen LogP contribution >= 0.6 is 11.3 Å². The van der Waals surface area contributed by atoms with Crippen molar-refractivity contribution in [2.75, 3.05) is 0 Å². The Morgan fingerprint density at radius 1 is 1.25 bits per heavy atom. The van der Waals surface area contributed by atoms with Crippen LogP contribution in [0.5, 0.6) is 0 Å². The third-order valence-electron chi connectivity index (χ3n) is 2.73. The van der Waals surface area contributed by atoms with Crippen LogP contribution in [0.25, 0.3) is 0 Å². The fourth-order valence-electron chi connectivity index (χ4n) is 1.88. The molecule has 0 unspecified atom stereocenters. The molecule has 0 aromatic carbocycles. The Hall–Kier alpha value is -0.820. The summed E-state index contributed by atoms with van der Waals surface area (Å²) in [4.78, 5) is 2.95. The topological polar surface area (TPSA) is 0 Å². The predicted molar refractivity (Wildman–Crippen MR) is 75.3 cm³/mol. The van der Waals surface area contributed by atoms with Gasteiger partial charge in [0.1, 0.15) is 0 Å². The maximum atomic E-state index is 3.66. The molecule has 0 aliphatic heterocycles. The monoisotopic (exact) mass is 234 g/mol. The molecule has 1 aromatic heterocycles. The van der Waals surface area contributed by atoms with E-state index < -0.39 is 0 Å². The second kappa shape index (κ2) is 7.45. The van der Waals surface area contributed by atoms with E-state index in [0.29, 0.717) is 0 Å². The molecule has 0 atom stereocenters. The highest BCUT2D eigenvalue weighted by Gasteiger charge is 2.01. The van der Waals surface area contributed by atoms with Gasteiger partial charge in [-0.05, 0) is 51.2 Å². The first-order valence-corrected chi connectivity index (χ1v) is 6.89. The number of unbranched alkanes of at least 4 members (excludes halogenated alkanes) is 3. The van der Waals surface area contributed by atoms with Crippen molar-refractivity contribution in [3.8, 4) is 0 Å². The first kappa shape index (κ1) is 13.2. The van der Waals surface area contributed by atoms with Crippen molar-refractivity contribution in [2.45, 2.75) is 46.0 Å². The second-order valence-electron chi connectivity index (χ2n) is 4.20. The summed E-state index contributed by atoms with van der Waals surface area (Å²) in [6, 6.07) is 2.34. The summed E-state index contributed by atoms with van der Waals surface area (Å²) in [6.07, 6.45) is 12.5. The van der Waals surface area contributed by atoms with Crippen molar-refractivity contribution in [3.63, 3.8) is 0 Å². The lowest BCUT2D eigenvalue weighted by Crippen LogP contribution is -1.85. The lowest BCUT2D eigenvalue weighted by molar-refractivity contribution is 0.686. The highest BCUT2D eigenvalue weighted by molar-refractivity contribution is 7.12. The zero-order valence-corrected chi connectivity index (χ0v) is 11.3. The van der Waals surface area contributed by atoms with Crippen molar-refractivity contribution >= 4 is 11.3 Å². The summed E-state index contributed by atoms with van der Waals surface area (Å²) < 4.78 is 0. The molecular formula is C15H22S. The van der Waals surface area contributed by atoms with Crippen LogP contribution in [0.4, 0.5) is 0 Å². The van der Waals surface area contributed by atoms with Crippen LogP contribution < -0.4 is 0 Å². The van der Waals surface area contributed by atoms with Gasteiger partial charge < -0.3 is 0 Å². The van der Waals surface area contributed by atoms with Crippen LogP contribution in [0.3, 0.4) is 0 Å². The maximum absolute atomic E-state index is 3.66. The Labute approximate surface area is 104 Å². The summed E-state index contributed by atoms with van der Waals surface area (Å²) in [6.45, 7) is 8.09. The summed E-state index contributed by atoms with van der Waals surface area (Å²) in [7, 11) is 0. The molecule has 0 bridgehead atoms. The maximum Gasteiger partial charge on any atom is 0.00490 e. The molecule has 16 heavy (non-hydrogen) atoms. The molecule has 0 N–H and O–H groups in total. The van der Waals surface area contributed by atoms with Gasteiger partial charge in [0.15, 0.2) is 0 Å². The smallest absolute Gasteiger partial charge is 0.00490 e. The second-order valence-corrected chi connectivity index (χ2v) is 5.66. The average Bonchev–Trinajstić information content (AvgIpc) is 2.56. The number of aryl methyl sites for hydroxylation is 3. The molecule has 0 saturated heterocycles. The van der Waals surface area contributed by atoms with Crippen LogP contribution in [0.2, 0.25) is 0 Å². The van der Waals surface area contributed by atoms with Gasteiger partial charge in [-0.3, -0.25) is 0 Å². The van der Waals surface area contributed by atoms with Crippen LogP contribution in [-0.4, -0.2) is 0 Å². The Kier molecular flexibility index (Phi) is 6.17. The van der Waals surface area contributed by atoms with E-state index in [1.54, 1.807) is 5.56 Å². The van der Waals surface area contributed by atoms with Gasteiger partial charge in [0, 0.05) is 9.75 Å². The van der Waals surface area contributed by atoms with Crippen molar-refractivity contribution in [1.82, 2.24) is 0 Å². The molecule has 1 heteroatoms. The Morgan fingerprint density at radius 3 is 2.69 bits per heavy atom.